The van der Waals surface area contributed by atoms with Gasteiger partial charge in [0.1, 0.15) is 5.82 Å². The molecule has 1 aromatic carbocycles. The van der Waals surface area contributed by atoms with Crippen LogP contribution in [0.25, 0.3) is 11.3 Å². The zero-order valence-corrected chi connectivity index (χ0v) is 10.9. The molecule has 0 fully saturated rings. The van der Waals surface area contributed by atoms with Crippen LogP contribution >= 0.6 is 22.9 Å². The first-order valence-corrected chi connectivity index (χ1v) is 6.43. The molecule has 90 valence electrons. The number of aromatic nitrogens is 1. The van der Waals surface area contributed by atoms with Crippen molar-refractivity contribution in [2.75, 3.05) is 6.54 Å². The minimum Gasteiger partial charge on any atom is -0.330 e. The fourth-order valence-electron chi connectivity index (χ4n) is 1.59. The monoisotopic (exact) mass is 270 g/mol. The summed E-state index contributed by atoms with van der Waals surface area (Å²) in [5.74, 6) is -0.412. The number of hydrogen-bond acceptors (Lipinski definition) is 3. The highest BCUT2D eigenvalue weighted by molar-refractivity contribution is 7.12. The largest absolute Gasteiger partial charge is 0.330 e. The number of rotatable bonds is 3. The Bertz CT molecular complexity index is 539. The maximum atomic E-state index is 13.1. The van der Waals surface area contributed by atoms with Crippen LogP contribution < -0.4 is 5.73 Å². The van der Waals surface area contributed by atoms with Gasteiger partial charge in [-0.25, -0.2) is 9.37 Å². The van der Waals surface area contributed by atoms with Crippen molar-refractivity contribution in [2.45, 2.75) is 13.3 Å². The molecule has 2 N–H and O–H groups in total. The van der Waals surface area contributed by atoms with E-state index in [2.05, 4.69) is 4.98 Å². The molecule has 1 aromatic heterocycles. The van der Waals surface area contributed by atoms with E-state index in [4.69, 9.17) is 17.3 Å². The molecule has 0 spiro atoms. The van der Waals surface area contributed by atoms with Crippen LogP contribution in [-0.4, -0.2) is 11.5 Å². The number of benzene rings is 1. The van der Waals surface area contributed by atoms with E-state index in [-0.39, 0.29) is 5.02 Å². The van der Waals surface area contributed by atoms with Gasteiger partial charge in [0.15, 0.2) is 0 Å². The second-order valence-corrected chi connectivity index (χ2v) is 5.37. The molecule has 2 aromatic rings. The Morgan fingerprint density at radius 3 is 2.88 bits per heavy atom. The van der Waals surface area contributed by atoms with E-state index < -0.39 is 5.82 Å². The Balaban J connectivity index is 2.41. The van der Waals surface area contributed by atoms with Crippen molar-refractivity contribution in [1.82, 2.24) is 4.98 Å². The topological polar surface area (TPSA) is 38.9 Å². The Labute approximate surface area is 108 Å². The van der Waals surface area contributed by atoms with Crippen LogP contribution in [0.4, 0.5) is 4.39 Å². The standard InChI is InChI=1S/C12H12ClFN2S/c1-7-12(16-11(17-7)4-5-15)8-2-3-10(14)9(13)6-8/h2-3,6H,4-5,15H2,1H3. The van der Waals surface area contributed by atoms with Crippen LogP contribution in [0, 0.1) is 12.7 Å². The van der Waals surface area contributed by atoms with Gasteiger partial charge in [0, 0.05) is 16.9 Å². The Kier molecular flexibility index (Phi) is 3.76. The summed E-state index contributed by atoms with van der Waals surface area (Å²) in [5.41, 5.74) is 7.20. The maximum absolute atomic E-state index is 13.1. The van der Waals surface area contributed by atoms with Crippen LogP contribution in [0.2, 0.25) is 5.02 Å². The molecule has 0 saturated carbocycles. The van der Waals surface area contributed by atoms with Gasteiger partial charge in [-0.15, -0.1) is 11.3 Å². The highest BCUT2D eigenvalue weighted by Gasteiger charge is 2.11. The molecule has 2 rings (SSSR count). The molecule has 0 saturated heterocycles. The lowest BCUT2D eigenvalue weighted by atomic mass is 10.1. The lowest BCUT2D eigenvalue weighted by Gasteiger charge is -2.00. The number of nitrogens with zero attached hydrogens (tertiary/aromatic N) is 1. The predicted octanol–water partition coefficient (Wildman–Crippen LogP) is 3.41. The third kappa shape index (κ3) is 2.65. The van der Waals surface area contributed by atoms with Gasteiger partial charge in [0.2, 0.25) is 0 Å². The van der Waals surface area contributed by atoms with Gasteiger partial charge < -0.3 is 5.73 Å². The highest BCUT2D eigenvalue weighted by atomic mass is 35.5. The molecular weight excluding hydrogens is 259 g/mol. The Hall–Kier alpha value is -0.970. The lowest BCUT2D eigenvalue weighted by Crippen LogP contribution is -2.01. The number of hydrogen-bond donors (Lipinski definition) is 1. The van der Waals surface area contributed by atoms with E-state index in [9.17, 15) is 4.39 Å². The van der Waals surface area contributed by atoms with Crippen molar-refractivity contribution in [3.05, 3.63) is 38.9 Å². The molecule has 2 nitrogen and oxygen atoms in total. The molecule has 0 amide bonds. The fourth-order valence-corrected chi connectivity index (χ4v) is 2.74. The van der Waals surface area contributed by atoms with Crippen molar-refractivity contribution in [3.8, 4) is 11.3 Å². The average Bonchev–Trinajstić information content (AvgIpc) is 2.64. The summed E-state index contributed by atoms with van der Waals surface area (Å²) in [5, 5.41) is 1.12. The van der Waals surface area contributed by atoms with E-state index in [1.165, 1.54) is 6.07 Å². The van der Waals surface area contributed by atoms with Crippen LogP contribution in [0.3, 0.4) is 0 Å². The van der Waals surface area contributed by atoms with Gasteiger partial charge >= 0.3 is 0 Å². The summed E-state index contributed by atoms with van der Waals surface area (Å²) < 4.78 is 13.1. The van der Waals surface area contributed by atoms with Gasteiger partial charge in [-0.3, -0.25) is 0 Å². The third-order valence-electron chi connectivity index (χ3n) is 2.39. The Morgan fingerprint density at radius 2 is 2.24 bits per heavy atom. The molecule has 0 radical (unpaired) electrons. The second-order valence-electron chi connectivity index (χ2n) is 3.68. The average molecular weight is 271 g/mol. The summed E-state index contributed by atoms with van der Waals surface area (Å²) in [7, 11) is 0. The molecule has 0 unspecified atom stereocenters. The molecule has 0 atom stereocenters. The summed E-state index contributed by atoms with van der Waals surface area (Å²) in [6.45, 7) is 2.57. The normalized spacial score (nSPS) is 10.8. The quantitative estimate of drug-likeness (QED) is 0.928. The van der Waals surface area contributed by atoms with Crippen molar-refractivity contribution in [2.24, 2.45) is 5.73 Å². The minimum atomic E-state index is -0.412. The summed E-state index contributed by atoms with van der Waals surface area (Å²) in [6, 6.07) is 4.65. The van der Waals surface area contributed by atoms with Crippen LogP contribution in [0.15, 0.2) is 18.2 Å². The SMILES string of the molecule is Cc1sc(CCN)nc1-c1ccc(F)c(Cl)c1. The minimum absolute atomic E-state index is 0.121. The first-order chi connectivity index (χ1) is 8.11. The summed E-state index contributed by atoms with van der Waals surface area (Å²) >= 11 is 7.38. The Morgan fingerprint density at radius 1 is 1.47 bits per heavy atom. The molecule has 0 bridgehead atoms. The number of nitrogens with two attached hydrogens (primary N) is 1. The van der Waals surface area contributed by atoms with Gasteiger partial charge in [0.05, 0.1) is 15.7 Å². The van der Waals surface area contributed by atoms with Crippen molar-refractivity contribution in [1.29, 1.82) is 0 Å². The predicted molar refractivity (Wildman–Crippen MR) is 70.0 cm³/mol. The second kappa shape index (κ2) is 5.12. The van der Waals surface area contributed by atoms with Crippen molar-refractivity contribution < 1.29 is 4.39 Å². The summed E-state index contributed by atoms with van der Waals surface area (Å²) in [6.07, 6.45) is 0.764. The first kappa shape index (κ1) is 12.5. The summed E-state index contributed by atoms with van der Waals surface area (Å²) in [4.78, 5) is 5.59. The molecule has 0 aliphatic heterocycles. The fraction of sp³-hybridized carbons (Fsp3) is 0.250. The van der Waals surface area contributed by atoms with E-state index in [0.717, 1.165) is 27.6 Å². The van der Waals surface area contributed by atoms with Crippen molar-refractivity contribution >= 4 is 22.9 Å². The molecule has 0 aliphatic rings. The molecule has 17 heavy (non-hydrogen) atoms. The third-order valence-corrected chi connectivity index (χ3v) is 3.71. The van der Waals surface area contributed by atoms with E-state index in [1.54, 1.807) is 23.5 Å². The lowest BCUT2D eigenvalue weighted by molar-refractivity contribution is 0.628. The van der Waals surface area contributed by atoms with Gasteiger partial charge in [0.25, 0.3) is 0 Å². The first-order valence-electron chi connectivity index (χ1n) is 5.23. The van der Waals surface area contributed by atoms with E-state index in [1.807, 2.05) is 6.92 Å². The zero-order valence-electron chi connectivity index (χ0n) is 9.34. The van der Waals surface area contributed by atoms with Gasteiger partial charge in [-0.1, -0.05) is 11.6 Å². The van der Waals surface area contributed by atoms with Gasteiger partial charge in [-0.05, 0) is 31.7 Å². The highest BCUT2D eigenvalue weighted by Crippen LogP contribution is 2.30. The van der Waals surface area contributed by atoms with Crippen molar-refractivity contribution in [3.63, 3.8) is 0 Å². The maximum Gasteiger partial charge on any atom is 0.141 e. The molecule has 0 aliphatic carbocycles. The van der Waals surface area contributed by atoms with Gasteiger partial charge in [-0.2, -0.15) is 0 Å². The molecular formula is C12H12ClFN2S. The van der Waals surface area contributed by atoms with E-state index in [0.29, 0.717) is 6.54 Å². The molecule has 1 heterocycles. The smallest absolute Gasteiger partial charge is 0.141 e. The van der Waals surface area contributed by atoms with Crippen LogP contribution in [-0.2, 0) is 6.42 Å². The number of halogens is 2. The van der Waals surface area contributed by atoms with Crippen LogP contribution in [0.1, 0.15) is 9.88 Å². The number of thiazole rings is 1. The number of aryl methyl sites for hydroxylation is 1. The zero-order chi connectivity index (χ0) is 12.4. The van der Waals surface area contributed by atoms with E-state index >= 15 is 0 Å². The van der Waals surface area contributed by atoms with Crippen LogP contribution in [0.5, 0.6) is 0 Å². The molecule has 5 heteroatoms.